The van der Waals surface area contributed by atoms with E-state index in [1.807, 2.05) is 6.07 Å². The number of aromatic nitrogens is 2. The highest BCUT2D eigenvalue weighted by Crippen LogP contribution is 2.35. The van der Waals surface area contributed by atoms with Crippen LogP contribution in [0.15, 0.2) is 36.7 Å². The number of hydrogen-bond acceptors (Lipinski definition) is 6. The molecule has 3 aromatic rings. The maximum Gasteiger partial charge on any atom is 0.223 e. The molecule has 0 radical (unpaired) electrons. The zero-order valence-electron chi connectivity index (χ0n) is 19.5. The fourth-order valence-corrected chi connectivity index (χ4v) is 5.43. The molecular formula is C25H33N5OS. The highest BCUT2D eigenvalue weighted by molar-refractivity contribution is 7.18. The van der Waals surface area contributed by atoms with Gasteiger partial charge in [-0.05, 0) is 58.3 Å². The van der Waals surface area contributed by atoms with E-state index in [9.17, 15) is 4.79 Å². The first-order valence-corrected chi connectivity index (χ1v) is 12.2. The summed E-state index contributed by atoms with van der Waals surface area (Å²) in [5.74, 6) is 1.26. The number of rotatable bonds is 7. The van der Waals surface area contributed by atoms with Gasteiger partial charge in [0.25, 0.3) is 0 Å². The summed E-state index contributed by atoms with van der Waals surface area (Å²) in [5, 5.41) is 4.40. The van der Waals surface area contributed by atoms with Crippen molar-refractivity contribution in [1.82, 2.24) is 20.2 Å². The van der Waals surface area contributed by atoms with Gasteiger partial charge in [-0.25, -0.2) is 9.97 Å². The lowest BCUT2D eigenvalue weighted by Crippen LogP contribution is -2.46. The lowest BCUT2D eigenvalue weighted by molar-refractivity contribution is -0.125. The second-order valence-corrected chi connectivity index (χ2v) is 10.2. The number of piperidine rings is 1. The van der Waals surface area contributed by atoms with Crippen LogP contribution in [0.5, 0.6) is 0 Å². The third-order valence-electron chi connectivity index (χ3n) is 6.67. The number of benzene rings is 1. The Hall–Kier alpha value is -2.51. The summed E-state index contributed by atoms with van der Waals surface area (Å²) in [4.78, 5) is 28.9. The molecule has 6 nitrogen and oxygen atoms in total. The molecular weight excluding hydrogens is 418 g/mol. The van der Waals surface area contributed by atoms with Gasteiger partial charge in [-0.15, -0.1) is 11.3 Å². The smallest absolute Gasteiger partial charge is 0.223 e. The van der Waals surface area contributed by atoms with Gasteiger partial charge in [0.05, 0.1) is 5.39 Å². The zero-order chi connectivity index (χ0) is 22.7. The van der Waals surface area contributed by atoms with Crippen molar-refractivity contribution >= 4 is 33.3 Å². The number of carbonyl (C=O) groups is 1. The molecule has 1 fully saturated rings. The topological polar surface area (TPSA) is 61.4 Å². The molecule has 1 aliphatic rings. The fourth-order valence-electron chi connectivity index (χ4n) is 4.44. The molecule has 0 spiro atoms. The molecule has 1 aromatic carbocycles. The quantitative estimate of drug-likeness (QED) is 0.592. The average molecular weight is 452 g/mol. The summed E-state index contributed by atoms with van der Waals surface area (Å²) in [6, 6.07) is 10.7. The maximum absolute atomic E-state index is 12.9. The van der Waals surface area contributed by atoms with Crippen molar-refractivity contribution in [3.8, 4) is 0 Å². The Morgan fingerprint density at radius 1 is 1.19 bits per heavy atom. The third kappa shape index (κ3) is 4.94. The Labute approximate surface area is 194 Å². The first kappa shape index (κ1) is 22.7. The van der Waals surface area contributed by atoms with Crippen LogP contribution in [0.3, 0.4) is 0 Å². The molecule has 1 N–H and O–H groups in total. The molecule has 3 heterocycles. The second-order valence-electron chi connectivity index (χ2n) is 8.97. The summed E-state index contributed by atoms with van der Waals surface area (Å²) >= 11 is 1.73. The third-order valence-corrected chi connectivity index (χ3v) is 7.78. The summed E-state index contributed by atoms with van der Waals surface area (Å²) in [5.41, 5.74) is 2.57. The number of nitrogens with one attached hydrogen (secondary N) is 1. The van der Waals surface area contributed by atoms with E-state index in [0.29, 0.717) is 6.54 Å². The van der Waals surface area contributed by atoms with E-state index in [0.717, 1.165) is 43.0 Å². The number of amides is 1. The fraction of sp³-hybridized carbons (Fsp3) is 0.480. The van der Waals surface area contributed by atoms with Crippen LogP contribution in [0.1, 0.15) is 28.8 Å². The Kier molecular flexibility index (Phi) is 7.06. The van der Waals surface area contributed by atoms with Crippen LogP contribution in [0.4, 0.5) is 5.82 Å². The van der Waals surface area contributed by atoms with Gasteiger partial charge in [-0.3, -0.25) is 4.79 Å². The Morgan fingerprint density at radius 3 is 2.59 bits per heavy atom. The predicted octanol–water partition coefficient (Wildman–Crippen LogP) is 3.81. The number of hydrogen-bond donors (Lipinski definition) is 1. The first-order chi connectivity index (χ1) is 15.4. The molecule has 32 heavy (non-hydrogen) atoms. The van der Waals surface area contributed by atoms with Crippen molar-refractivity contribution < 1.29 is 4.79 Å². The number of nitrogens with zero attached hydrogens (tertiary/aromatic N) is 4. The van der Waals surface area contributed by atoms with Gasteiger partial charge in [0, 0.05) is 36.5 Å². The van der Waals surface area contributed by atoms with Crippen molar-refractivity contribution in [2.45, 2.75) is 39.2 Å². The monoisotopic (exact) mass is 451 g/mol. The molecule has 1 amide bonds. The Morgan fingerprint density at radius 2 is 1.91 bits per heavy atom. The normalized spacial score (nSPS) is 16.0. The van der Waals surface area contributed by atoms with Crippen molar-refractivity contribution in [3.05, 3.63) is 52.7 Å². The molecule has 1 aliphatic heterocycles. The summed E-state index contributed by atoms with van der Waals surface area (Å²) in [6.45, 7) is 6.65. The number of fused-ring (bicyclic) bond motifs is 1. The van der Waals surface area contributed by atoms with Crippen LogP contribution < -0.4 is 10.2 Å². The van der Waals surface area contributed by atoms with Crippen molar-refractivity contribution in [3.63, 3.8) is 0 Å². The molecule has 0 aliphatic carbocycles. The van der Waals surface area contributed by atoms with Crippen LogP contribution >= 0.6 is 11.3 Å². The lowest BCUT2D eigenvalue weighted by Gasteiger charge is -2.33. The van der Waals surface area contributed by atoms with E-state index in [4.69, 9.17) is 0 Å². The summed E-state index contributed by atoms with van der Waals surface area (Å²) in [6.07, 6.45) is 4.30. The summed E-state index contributed by atoms with van der Waals surface area (Å²) < 4.78 is 0. The second kappa shape index (κ2) is 9.96. The van der Waals surface area contributed by atoms with Gasteiger partial charge in [0.2, 0.25) is 5.91 Å². The maximum atomic E-state index is 12.9. The van der Waals surface area contributed by atoms with Crippen LogP contribution in [0.25, 0.3) is 10.2 Å². The van der Waals surface area contributed by atoms with Gasteiger partial charge in [0.15, 0.2) is 0 Å². The number of anilines is 1. The SMILES string of the molecule is Cc1sc2ncnc(N3CCC(C(=O)NCC(Cc4ccccc4)N(C)C)CC3)c2c1C. The molecule has 1 saturated heterocycles. The van der Waals surface area contributed by atoms with Crippen LogP contribution in [0, 0.1) is 19.8 Å². The van der Waals surface area contributed by atoms with Crippen LogP contribution in [0.2, 0.25) is 0 Å². The zero-order valence-corrected chi connectivity index (χ0v) is 20.3. The van der Waals surface area contributed by atoms with E-state index in [-0.39, 0.29) is 17.9 Å². The van der Waals surface area contributed by atoms with Crippen LogP contribution in [-0.4, -0.2) is 60.5 Å². The highest BCUT2D eigenvalue weighted by atomic mass is 32.1. The van der Waals surface area contributed by atoms with Crippen molar-refractivity contribution in [2.24, 2.45) is 5.92 Å². The first-order valence-electron chi connectivity index (χ1n) is 11.4. The average Bonchev–Trinajstić information content (AvgIpc) is 3.10. The predicted molar refractivity (Wildman–Crippen MR) is 132 cm³/mol. The van der Waals surface area contributed by atoms with Crippen LogP contribution in [-0.2, 0) is 11.2 Å². The summed E-state index contributed by atoms with van der Waals surface area (Å²) in [7, 11) is 4.16. The van der Waals surface area contributed by atoms with Gasteiger partial charge in [-0.1, -0.05) is 30.3 Å². The lowest BCUT2D eigenvalue weighted by atomic mass is 9.95. The van der Waals surface area contributed by atoms with E-state index in [2.05, 4.69) is 77.3 Å². The number of carbonyl (C=O) groups excluding carboxylic acids is 1. The molecule has 4 rings (SSSR count). The minimum Gasteiger partial charge on any atom is -0.356 e. The standard InChI is InChI=1S/C25H33N5OS/c1-17-18(2)32-25-22(17)23(27-16-28-25)30-12-10-20(11-13-30)24(31)26-15-21(29(3)4)14-19-8-6-5-7-9-19/h5-9,16,20-21H,10-15H2,1-4H3,(H,26,31). The van der Waals surface area contributed by atoms with Gasteiger partial charge >= 0.3 is 0 Å². The van der Waals surface area contributed by atoms with E-state index in [1.165, 1.54) is 21.4 Å². The molecule has 0 bridgehead atoms. The Bertz CT molecular complexity index is 1060. The molecule has 170 valence electrons. The largest absolute Gasteiger partial charge is 0.356 e. The van der Waals surface area contributed by atoms with E-state index < -0.39 is 0 Å². The van der Waals surface area contributed by atoms with Gasteiger partial charge in [0.1, 0.15) is 17.0 Å². The van der Waals surface area contributed by atoms with Gasteiger partial charge in [-0.2, -0.15) is 0 Å². The molecule has 1 atom stereocenters. The molecule has 7 heteroatoms. The number of aryl methyl sites for hydroxylation is 2. The van der Waals surface area contributed by atoms with E-state index >= 15 is 0 Å². The van der Waals surface area contributed by atoms with Gasteiger partial charge < -0.3 is 15.1 Å². The minimum atomic E-state index is 0.0634. The number of likely N-dealkylation sites (N-methyl/N-ethyl adjacent to an activating group) is 1. The minimum absolute atomic E-state index is 0.0634. The number of thiophene rings is 1. The van der Waals surface area contributed by atoms with Crippen molar-refractivity contribution in [2.75, 3.05) is 38.6 Å². The van der Waals surface area contributed by atoms with Crippen molar-refractivity contribution in [1.29, 1.82) is 0 Å². The molecule has 0 saturated carbocycles. The van der Waals surface area contributed by atoms with E-state index in [1.54, 1.807) is 17.7 Å². The Balaban J connectivity index is 1.34. The molecule has 2 aromatic heterocycles. The highest BCUT2D eigenvalue weighted by Gasteiger charge is 2.28. The molecule has 1 unspecified atom stereocenters.